The van der Waals surface area contributed by atoms with Gasteiger partial charge in [0.25, 0.3) is 5.91 Å². The van der Waals surface area contributed by atoms with E-state index in [0.717, 1.165) is 0 Å². The molecule has 1 heterocycles. The largest absolute Gasteiger partial charge is 0.444 e. The van der Waals surface area contributed by atoms with E-state index in [0.29, 0.717) is 23.4 Å². The Kier molecular flexibility index (Phi) is 7.17. The summed E-state index contributed by atoms with van der Waals surface area (Å²) in [4.78, 5) is 24.0. The van der Waals surface area contributed by atoms with Crippen LogP contribution in [0.25, 0.3) is 0 Å². The molecule has 0 aliphatic carbocycles. The van der Waals surface area contributed by atoms with Crippen molar-refractivity contribution in [2.75, 3.05) is 25.0 Å². The normalized spacial score (nSPS) is 11.4. The Morgan fingerprint density at radius 2 is 1.85 bits per heavy atom. The fourth-order valence-corrected chi connectivity index (χ4v) is 4.15. The van der Waals surface area contributed by atoms with Gasteiger partial charge in [0.1, 0.15) is 0 Å². The molecule has 0 radical (unpaired) electrons. The lowest BCUT2D eigenvalue weighted by Crippen LogP contribution is -2.33. The van der Waals surface area contributed by atoms with Gasteiger partial charge in [-0.3, -0.25) is 9.59 Å². The number of anilines is 1. The molecule has 0 saturated carbocycles. The first kappa shape index (κ1) is 21.1. The van der Waals surface area contributed by atoms with Crippen LogP contribution in [-0.4, -0.2) is 44.2 Å². The van der Waals surface area contributed by atoms with E-state index in [1.165, 1.54) is 22.5 Å². The van der Waals surface area contributed by atoms with Crippen LogP contribution in [0.5, 0.6) is 0 Å². The van der Waals surface area contributed by atoms with E-state index in [1.807, 2.05) is 0 Å². The van der Waals surface area contributed by atoms with E-state index in [-0.39, 0.29) is 17.2 Å². The van der Waals surface area contributed by atoms with Crippen LogP contribution < -0.4 is 10.6 Å². The average molecular weight is 458 g/mol. The number of hydrogen-bond acceptors (Lipinski definition) is 5. The Bertz CT molecular complexity index is 922. The molecule has 0 fully saturated rings. The molecule has 0 spiro atoms. The molecule has 2 amide bonds. The Labute approximate surface area is 166 Å². The van der Waals surface area contributed by atoms with Crippen molar-refractivity contribution >= 4 is 43.5 Å². The van der Waals surface area contributed by atoms with Gasteiger partial charge in [-0.1, -0.05) is 19.9 Å². The number of sulfonamides is 1. The first-order valence-electron chi connectivity index (χ1n) is 8.21. The molecule has 2 N–H and O–H groups in total. The van der Waals surface area contributed by atoms with Crippen LogP contribution in [0.15, 0.2) is 50.4 Å². The number of carbonyl (C=O) groups is 2. The summed E-state index contributed by atoms with van der Waals surface area (Å²) < 4.78 is 31.9. The maximum absolute atomic E-state index is 12.5. The smallest absolute Gasteiger partial charge is 0.287 e. The second-order valence-corrected chi connectivity index (χ2v) is 8.17. The molecule has 2 aromatic rings. The zero-order valence-electron chi connectivity index (χ0n) is 14.9. The van der Waals surface area contributed by atoms with Crippen molar-refractivity contribution < 1.29 is 22.4 Å². The molecule has 27 heavy (non-hydrogen) atoms. The monoisotopic (exact) mass is 457 g/mol. The summed E-state index contributed by atoms with van der Waals surface area (Å²) in [6.07, 6.45) is 0. The number of halogens is 1. The SMILES string of the molecule is CCN(CC)S(=O)(=O)c1cccc(NC(=O)CNC(=O)c2ccc(Br)o2)c1. The summed E-state index contributed by atoms with van der Waals surface area (Å²) in [6.45, 7) is 3.93. The third kappa shape index (κ3) is 5.41. The molecule has 0 saturated heterocycles. The van der Waals surface area contributed by atoms with Crippen LogP contribution >= 0.6 is 15.9 Å². The summed E-state index contributed by atoms with van der Waals surface area (Å²) in [5, 5.41) is 4.99. The minimum Gasteiger partial charge on any atom is -0.444 e. The quantitative estimate of drug-likeness (QED) is 0.632. The minimum atomic E-state index is -3.62. The zero-order valence-corrected chi connectivity index (χ0v) is 17.3. The predicted octanol–water partition coefficient (Wildman–Crippen LogP) is 2.44. The van der Waals surface area contributed by atoms with Gasteiger partial charge in [-0.25, -0.2) is 8.42 Å². The van der Waals surface area contributed by atoms with Gasteiger partial charge >= 0.3 is 0 Å². The van der Waals surface area contributed by atoms with Crippen molar-refractivity contribution in [1.82, 2.24) is 9.62 Å². The molecule has 0 atom stereocenters. The Morgan fingerprint density at radius 3 is 2.44 bits per heavy atom. The van der Waals surface area contributed by atoms with Gasteiger partial charge < -0.3 is 15.1 Å². The second kappa shape index (κ2) is 9.16. The van der Waals surface area contributed by atoms with Gasteiger partial charge in [-0.2, -0.15) is 4.31 Å². The van der Waals surface area contributed by atoms with Crippen LogP contribution in [0.4, 0.5) is 5.69 Å². The van der Waals surface area contributed by atoms with E-state index in [2.05, 4.69) is 26.6 Å². The fraction of sp³-hybridized carbons (Fsp3) is 0.294. The van der Waals surface area contributed by atoms with Gasteiger partial charge in [0, 0.05) is 18.8 Å². The molecule has 1 aromatic heterocycles. The number of nitrogens with zero attached hydrogens (tertiary/aromatic N) is 1. The van der Waals surface area contributed by atoms with Crippen molar-refractivity contribution in [2.24, 2.45) is 0 Å². The van der Waals surface area contributed by atoms with E-state index < -0.39 is 21.8 Å². The molecular formula is C17H20BrN3O5S. The van der Waals surface area contributed by atoms with Crippen LogP contribution in [0.1, 0.15) is 24.4 Å². The van der Waals surface area contributed by atoms with Crippen molar-refractivity contribution in [2.45, 2.75) is 18.7 Å². The van der Waals surface area contributed by atoms with Gasteiger partial charge in [0.2, 0.25) is 15.9 Å². The van der Waals surface area contributed by atoms with Crippen molar-refractivity contribution in [1.29, 1.82) is 0 Å². The summed E-state index contributed by atoms with van der Waals surface area (Å²) >= 11 is 3.09. The van der Waals surface area contributed by atoms with E-state index in [9.17, 15) is 18.0 Å². The highest BCUT2D eigenvalue weighted by molar-refractivity contribution is 9.10. The first-order valence-corrected chi connectivity index (χ1v) is 10.4. The molecule has 146 valence electrons. The van der Waals surface area contributed by atoms with E-state index >= 15 is 0 Å². The van der Waals surface area contributed by atoms with Gasteiger partial charge in [0.05, 0.1) is 11.4 Å². The van der Waals surface area contributed by atoms with Gasteiger partial charge in [0.15, 0.2) is 10.4 Å². The van der Waals surface area contributed by atoms with Crippen LogP contribution in [0.2, 0.25) is 0 Å². The second-order valence-electron chi connectivity index (χ2n) is 5.45. The standard InChI is InChI=1S/C17H20BrN3O5S/c1-3-21(4-2)27(24,25)13-7-5-6-12(10-13)20-16(22)11-19-17(23)14-8-9-15(18)26-14/h5-10H,3-4,11H2,1-2H3,(H,19,23)(H,20,22). The minimum absolute atomic E-state index is 0.0713. The first-order chi connectivity index (χ1) is 12.8. The number of amides is 2. The lowest BCUT2D eigenvalue weighted by atomic mass is 10.3. The Hall–Kier alpha value is -2.17. The van der Waals surface area contributed by atoms with Crippen LogP contribution in [-0.2, 0) is 14.8 Å². The third-order valence-corrected chi connectivity index (χ3v) is 6.14. The van der Waals surface area contributed by atoms with Crippen LogP contribution in [0, 0.1) is 0 Å². The summed E-state index contributed by atoms with van der Waals surface area (Å²) in [6, 6.07) is 9.02. The Morgan fingerprint density at radius 1 is 1.15 bits per heavy atom. The highest BCUT2D eigenvalue weighted by Gasteiger charge is 2.22. The fourth-order valence-electron chi connectivity index (χ4n) is 2.34. The number of benzene rings is 1. The lowest BCUT2D eigenvalue weighted by Gasteiger charge is -2.18. The van der Waals surface area contributed by atoms with Crippen molar-refractivity contribution in [3.8, 4) is 0 Å². The summed E-state index contributed by atoms with van der Waals surface area (Å²) in [5.41, 5.74) is 0.322. The molecule has 8 nitrogen and oxygen atoms in total. The van der Waals surface area contributed by atoms with E-state index in [4.69, 9.17) is 4.42 Å². The van der Waals surface area contributed by atoms with Crippen LogP contribution in [0.3, 0.4) is 0 Å². The summed E-state index contributed by atoms with van der Waals surface area (Å²) in [7, 11) is -3.62. The third-order valence-electron chi connectivity index (χ3n) is 3.67. The predicted molar refractivity (Wildman–Crippen MR) is 104 cm³/mol. The average Bonchev–Trinajstić information content (AvgIpc) is 3.07. The molecule has 1 aromatic carbocycles. The topological polar surface area (TPSA) is 109 Å². The maximum Gasteiger partial charge on any atom is 0.287 e. The highest BCUT2D eigenvalue weighted by Crippen LogP contribution is 2.19. The molecular weight excluding hydrogens is 438 g/mol. The number of rotatable bonds is 8. The Balaban J connectivity index is 2.01. The van der Waals surface area contributed by atoms with Crippen molar-refractivity contribution in [3.63, 3.8) is 0 Å². The number of furan rings is 1. The molecule has 0 aliphatic rings. The van der Waals surface area contributed by atoms with E-state index in [1.54, 1.807) is 32.0 Å². The molecule has 0 aliphatic heterocycles. The summed E-state index contributed by atoms with van der Waals surface area (Å²) in [5.74, 6) is -0.956. The number of carbonyl (C=O) groups excluding carboxylic acids is 2. The van der Waals surface area contributed by atoms with Gasteiger partial charge in [-0.15, -0.1) is 0 Å². The lowest BCUT2D eigenvalue weighted by molar-refractivity contribution is -0.115. The number of hydrogen-bond donors (Lipinski definition) is 2. The molecule has 2 rings (SSSR count). The van der Waals surface area contributed by atoms with Crippen molar-refractivity contribution in [3.05, 3.63) is 46.8 Å². The molecule has 0 unspecified atom stereocenters. The zero-order chi connectivity index (χ0) is 20.0. The highest BCUT2D eigenvalue weighted by atomic mass is 79.9. The number of nitrogens with one attached hydrogen (secondary N) is 2. The maximum atomic E-state index is 12.5. The van der Waals surface area contributed by atoms with Gasteiger partial charge in [-0.05, 0) is 46.3 Å². The molecule has 0 bridgehead atoms. The molecule has 10 heteroatoms.